The summed E-state index contributed by atoms with van der Waals surface area (Å²) in [5.74, 6) is 0.114. The maximum Gasteiger partial charge on any atom is 0.304 e. The number of aromatic nitrogens is 4. The van der Waals surface area contributed by atoms with Crippen LogP contribution in [0.15, 0.2) is 42.5 Å². The van der Waals surface area contributed by atoms with Gasteiger partial charge in [-0.3, -0.25) is 4.79 Å². The topological polar surface area (TPSA) is 111 Å². The minimum absolute atomic E-state index is 0.240. The Labute approximate surface area is 195 Å². The van der Waals surface area contributed by atoms with Crippen LogP contribution in [0.5, 0.6) is 6.01 Å². The van der Waals surface area contributed by atoms with Crippen molar-refractivity contribution < 1.29 is 13.9 Å². The summed E-state index contributed by atoms with van der Waals surface area (Å²) in [5.41, 5.74) is 9.45. The van der Waals surface area contributed by atoms with Crippen LogP contribution in [0.1, 0.15) is 28.0 Å². The summed E-state index contributed by atoms with van der Waals surface area (Å²) in [5, 5.41) is 3.36. The molecule has 0 radical (unpaired) electrons. The first-order chi connectivity index (χ1) is 16.5. The van der Waals surface area contributed by atoms with Gasteiger partial charge in [0, 0.05) is 20.1 Å². The van der Waals surface area contributed by atoms with Crippen LogP contribution < -0.4 is 20.7 Å². The van der Waals surface area contributed by atoms with Crippen molar-refractivity contribution in [2.75, 3.05) is 30.9 Å². The Hall–Kier alpha value is -4.21. The van der Waals surface area contributed by atoms with Crippen LogP contribution in [-0.2, 0) is 13.0 Å². The molecule has 174 valence electrons. The van der Waals surface area contributed by atoms with Crippen molar-refractivity contribution in [1.82, 2.24) is 19.5 Å². The first kappa shape index (κ1) is 21.6. The van der Waals surface area contributed by atoms with Gasteiger partial charge in [-0.2, -0.15) is 9.97 Å². The summed E-state index contributed by atoms with van der Waals surface area (Å²) >= 11 is 0. The fourth-order valence-corrected chi connectivity index (χ4v) is 4.32. The number of fused-ring (bicyclic) bond motifs is 2. The molecular formula is C24H24FN7O2. The quantitative estimate of drug-likeness (QED) is 0.454. The highest BCUT2D eigenvalue weighted by Gasteiger charge is 2.25. The number of imidazole rings is 1. The van der Waals surface area contributed by atoms with E-state index in [1.165, 1.54) is 19.2 Å². The number of nitrogens with two attached hydrogens (primary N) is 1. The van der Waals surface area contributed by atoms with Crippen molar-refractivity contribution in [3.63, 3.8) is 0 Å². The fraction of sp³-hybridized carbons (Fsp3) is 0.250. The second-order valence-electron chi connectivity index (χ2n) is 8.15. The van der Waals surface area contributed by atoms with Crippen LogP contribution in [0.2, 0.25) is 0 Å². The highest BCUT2D eigenvalue weighted by atomic mass is 19.1. The van der Waals surface area contributed by atoms with Crippen molar-refractivity contribution in [2.24, 2.45) is 5.73 Å². The summed E-state index contributed by atoms with van der Waals surface area (Å²) in [4.78, 5) is 28.2. The number of nitrogens with one attached hydrogen (secondary N) is 1. The number of anilines is 2. The largest absolute Gasteiger partial charge is 0.468 e. The number of para-hydroxylation sites is 1. The number of aryl methyl sites for hydroxylation is 1. The number of hydrogen-bond donors (Lipinski definition) is 2. The van der Waals surface area contributed by atoms with Gasteiger partial charge >= 0.3 is 6.01 Å². The van der Waals surface area contributed by atoms with E-state index < -0.39 is 5.91 Å². The first-order valence-corrected chi connectivity index (χ1v) is 10.9. The number of carbonyl (C=O) groups is 1. The van der Waals surface area contributed by atoms with Crippen LogP contribution in [-0.4, -0.2) is 46.1 Å². The highest BCUT2D eigenvalue weighted by Crippen LogP contribution is 2.34. The number of carbonyl (C=O) groups excluding carboxylic acids is 1. The van der Waals surface area contributed by atoms with Crippen LogP contribution in [0.25, 0.3) is 17.0 Å². The van der Waals surface area contributed by atoms with Gasteiger partial charge in [-0.25, -0.2) is 13.9 Å². The molecule has 3 heterocycles. The molecule has 1 amide bonds. The Bertz CT molecular complexity index is 1400. The van der Waals surface area contributed by atoms with Gasteiger partial charge in [-0.1, -0.05) is 18.2 Å². The van der Waals surface area contributed by atoms with Crippen molar-refractivity contribution in [1.29, 1.82) is 0 Å². The molecule has 0 unspecified atom stereocenters. The predicted octanol–water partition coefficient (Wildman–Crippen LogP) is 3.06. The number of amides is 1. The minimum Gasteiger partial charge on any atom is -0.468 e. The number of rotatable bonds is 6. The zero-order valence-electron chi connectivity index (χ0n) is 18.9. The molecule has 9 nitrogen and oxygen atoms in total. The molecule has 3 N–H and O–H groups in total. The second-order valence-corrected chi connectivity index (χ2v) is 8.15. The molecule has 2 aromatic heterocycles. The van der Waals surface area contributed by atoms with Gasteiger partial charge in [0.2, 0.25) is 5.95 Å². The van der Waals surface area contributed by atoms with Gasteiger partial charge in [0.1, 0.15) is 17.0 Å². The predicted molar refractivity (Wildman–Crippen MR) is 127 cm³/mol. The van der Waals surface area contributed by atoms with Gasteiger partial charge < -0.3 is 20.7 Å². The molecule has 10 heteroatoms. The van der Waals surface area contributed by atoms with E-state index in [4.69, 9.17) is 20.4 Å². The van der Waals surface area contributed by atoms with Crippen molar-refractivity contribution >= 4 is 28.4 Å². The van der Waals surface area contributed by atoms with E-state index >= 15 is 0 Å². The maximum absolute atomic E-state index is 13.7. The molecule has 4 aromatic rings. The van der Waals surface area contributed by atoms with E-state index in [2.05, 4.69) is 15.2 Å². The molecular weight excluding hydrogens is 437 g/mol. The third-order valence-electron chi connectivity index (χ3n) is 5.88. The number of methoxy groups -OCH3 is 1. The number of halogens is 1. The molecule has 0 atom stereocenters. The fourth-order valence-electron chi connectivity index (χ4n) is 4.32. The Morgan fingerprint density at radius 1 is 1.21 bits per heavy atom. The molecule has 0 aliphatic carbocycles. The number of hydrogen-bond acceptors (Lipinski definition) is 7. The van der Waals surface area contributed by atoms with E-state index in [0.29, 0.717) is 29.3 Å². The van der Waals surface area contributed by atoms with Gasteiger partial charge in [-0.05, 0) is 42.7 Å². The highest BCUT2D eigenvalue weighted by molar-refractivity contribution is 6.04. The average Bonchev–Trinajstić information content (AvgIpc) is 3.21. The standard InChI is InChI=1S/C24H24FN7O2/c1-31-11-5-9-17-20(31)22(27-13-14-6-3-7-15(25)12-14)30-23(28-17)32-18-10-4-8-16(21(26)33)19(18)29-24(32)34-2/h3-4,6-8,10,12H,5,9,11,13H2,1-2H3,(H2,26,33)(H,27,28,30). The molecule has 0 saturated heterocycles. The third kappa shape index (κ3) is 3.76. The average molecular weight is 462 g/mol. The lowest BCUT2D eigenvalue weighted by Crippen LogP contribution is -2.28. The number of ether oxygens (including phenoxy) is 1. The van der Waals surface area contributed by atoms with E-state index in [9.17, 15) is 9.18 Å². The monoisotopic (exact) mass is 461 g/mol. The summed E-state index contributed by atoms with van der Waals surface area (Å²) < 4.78 is 20.9. The first-order valence-electron chi connectivity index (χ1n) is 10.9. The molecule has 2 aromatic carbocycles. The van der Waals surface area contributed by atoms with Gasteiger partial charge in [0.05, 0.1) is 23.9 Å². The lowest BCUT2D eigenvalue weighted by atomic mass is 10.1. The van der Waals surface area contributed by atoms with Gasteiger partial charge in [0.25, 0.3) is 5.91 Å². The summed E-state index contributed by atoms with van der Waals surface area (Å²) in [6.45, 7) is 1.27. The second kappa shape index (κ2) is 8.62. The van der Waals surface area contributed by atoms with Crippen LogP contribution in [0.3, 0.4) is 0 Å². The van der Waals surface area contributed by atoms with Crippen molar-refractivity contribution in [3.05, 3.63) is 65.1 Å². The summed E-state index contributed by atoms with van der Waals surface area (Å²) in [7, 11) is 3.50. The van der Waals surface area contributed by atoms with Crippen LogP contribution >= 0.6 is 0 Å². The van der Waals surface area contributed by atoms with E-state index in [0.717, 1.165) is 36.3 Å². The number of nitrogens with zero attached hydrogens (tertiary/aromatic N) is 5. The molecule has 1 aliphatic heterocycles. The molecule has 0 bridgehead atoms. The van der Waals surface area contributed by atoms with Crippen molar-refractivity contribution in [2.45, 2.75) is 19.4 Å². The smallest absolute Gasteiger partial charge is 0.304 e. The Morgan fingerprint density at radius 2 is 2.03 bits per heavy atom. The molecule has 0 fully saturated rings. The Balaban J connectivity index is 1.66. The molecule has 5 rings (SSSR count). The molecule has 1 aliphatic rings. The number of benzene rings is 2. The normalized spacial score (nSPS) is 13.1. The molecule has 0 saturated carbocycles. The zero-order chi connectivity index (χ0) is 23.8. The Morgan fingerprint density at radius 3 is 2.79 bits per heavy atom. The van der Waals surface area contributed by atoms with E-state index in [1.54, 1.807) is 22.8 Å². The van der Waals surface area contributed by atoms with Gasteiger partial charge in [-0.15, -0.1) is 0 Å². The molecule has 34 heavy (non-hydrogen) atoms. The SMILES string of the molecule is COc1nc2c(C(N)=O)cccc2n1-c1nc2c(c(NCc3cccc(F)c3)n1)N(C)CCC2. The van der Waals surface area contributed by atoms with Crippen molar-refractivity contribution in [3.8, 4) is 12.0 Å². The maximum atomic E-state index is 13.7. The number of primary amides is 1. The van der Waals surface area contributed by atoms with E-state index in [-0.39, 0.29) is 17.4 Å². The minimum atomic E-state index is -0.580. The summed E-state index contributed by atoms with van der Waals surface area (Å²) in [6, 6.07) is 11.8. The Kier molecular flexibility index (Phi) is 5.48. The van der Waals surface area contributed by atoms with Crippen LogP contribution in [0.4, 0.5) is 15.9 Å². The van der Waals surface area contributed by atoms with Gasteiger partial charge in [0.15, 0.2) is 5.82 Å². The third-order valence-corrected chi connectivity index (χ3v) is 5.88. The summed E-state index contributed by atoms with van der Waals surface area (Å²) in [6.07, 6.45) is 1.74. The lowest BCUT2D eigenvalue weighted by Gasteiger charge is -2.29. The zero-order valence-corrected chi connectivity index (χ0v) is 18.9. The van der Waals surface area contributed by atoms with E-state index in [1.807, 2.05) is 19.2 Å². The lowest BCUT2D eigenvalue weighted by molar-refractivity contribution is 0.100. The van der Waals surface area contributed by atoms with Crippen LogP contribution in [0, 0.1) is 5.82 Å². The molecule has 0 spiro atoms.